The maximum absolute atomic E-state index is 8.56. The fraction of sp³-hybridized carbons (Fsp3) is 0.500. The molecule has 0 amide bonds. The van der Waals surface area contributed by atoms with Crippen LogP contribution in [0.2, 0.25) is 10.0 Å². The second-order valence-electron chi connectivity index (χ2n) is 4.60. The molecule has 102 valence electrons. The molecule has 0 aromatic heterocycles. The average molecular weight is 299 g/mol. The summed E-state index contributed by atoms with van der Waals surface area (Å²) in [7, 11) is 0. The molecule has 3 nitrogen and oxygen atoms in total. The molecule has 5 heteroatoms. The van der Waals surface area contributed by atoms with E-state index in [4.69, 9.17) is 33.2 Å². The lowest BCUT2D eigenvalue weighted by Gasteiger charge is -2.33. The monoisotopic (exact) mass is 298 g/mol. The van der Waals surface area contributed by atoms with E-state index in [-0.39, 0.29) is 6.10 Å². The number of hydrogen-bond donors (Lipinski definition) is 0. The third-order valence-electron chi connectivity index (χ3n) is 3.23. The van der Waals surface area contributed by atoms with Crippen molar-refractivity contribution in [1.29, 1.82) is 5.26 Å². The van der Waals surface area contributed by atoms with Gasteiger partial charge in [0.05, 0.1) is 28.8 Å². The van der Waals surface area contributed by atoms with Gasteiger partial charge >= 0.3 is 0 Å². The largest absolute Gasteiger partial charge is 0.371 e. The summed E-state index contributed by atoms with van der Waals surface area (Å²) < 4.78 is 5.79. The SMILES string of the molecule is N#CCCCN1CCOC(c2ccc(Cl)c(Cl)c2)C1. The fourth-order valence-corrected chi connectivity index (χ4v) is 2.51. The fourth-order valence-electron chi connectivity index (χ4n) is 2.20. The van der Waals surface area contributed by atoms with E-state index in [9.17, 15) is 0 Å². The molecular weight excluding hydrogens is 283 g/mol. The van der Waals surface area contributed by atoms with Gasteiger partial charge in [0.15, 0.2) is 0 Å². The van der Waals surface area contributed by atoms with Crippen LogP contribution in [0, 0.1) is 11.3 Å². The van der Waals surface area contributed by atoms with Gasteiger partial charge in [0.25, 0.3) is 0 Å². The lowest BCUT2D eigenvalue weighted by molar-refractivity contribution is -0.0301. The highest BCUT2D eigenvalue weighted by molar-refractivity contribution is 6.42. The summed E-state index contributed by atoms with van der Waals surface area (Å²) >= 11 is 12.0. The first-order chi connectivity index (χ1) is 9.20. The number of benzene rings is 1. The molecule has 0 aliphatic carbocycles. The van der Waals surface area contributed by atoms with Crippen molar-refractivity contribution in [1.82, 2.24) is 4.90 Å². The van der Waals surface area contributed by atoms with Crippen LogP contribution in [0.25, 0.3) is 0 Å². The van der Waals surface area contributed by atoms with E-state index < -0.39 is 0 Å². The van der Waals surface area contributed by atoms with Crippen molar-refractivity contribution in [3.05, 3.63) is 33.8 Å². The third-order valence-corrected chi connectivity index (χ3v) is 3.97. The Kier molecular flexibility index (Phi) is 5.47. The van der Waals surface area contributed by atoms with Crippen molar-refractivity contribution in [2.75, 3.05) is 26.2 Å². The smallest absolute Gasteiger partial charge is 0.0952 e. The average Bonchev–Trinajstić information content (AvgIpc) is 2.43. The van der Waals surface area contributed by atoms with Gasteiger partial charge < -0.3 is 4.74 Å². The van der Waals surface area contributed by atoms with Crippen molar-refractivity contribution >= 4 is 23.2 Å². The topological polar surface area (TPSA) is 36.3 Å². The minimum absolute atomic E-state index is 0.0330. The molecule has 0 spiro atoms. The van der Waals surface area contributed by atoms with Crippen molar-refractivity contribution in [3.63, 3.8) is 0 Å². The zero-order chi connectivity index (χ0) is 13.7. The minimum atomic E-state index is 0.0330. The highest BCUT2D eigenvalue weighted by Crippen LogP contribution is 2.29. The summed E-state index contributed by atoms with van der Waals surface area (Å²) in [6.45, 7) is 3.40. The Bertz CT molecular complexity index is 473. The van der Waals surface area contributed by atoms with Crippen LogP contribution >= 0.6 is 23.2 Å². The Balaban J connectivity index is 1.96. The number of nitriles is 1. The van der Waals surface area contributed by atoms with Gasteiger partial charge in [0.1, 0.15) is 0 Å². The van der Waals surface area contributed by atoms with Crippen LogP contribution in [0.3, 0.4) is 0 Å². The molecule has 1 aliphatic heterocycles. The standard InChI is InChI=1S/C14H16Cl2N2O/c15-12-4-3-11(9-13(12)16)14-10-18(7-8-19-14)6-2-1-5-17/h3-4,9,14H,1-2,6-8,10H2. The summed E-state index contributed by atoms with van der Waals surface area (Å²) in [6.07, 6.45) is 1.55. The van der Waals surface area contributed by atoms with Crippen molar-refractivity contribution in [3.8, 4) is 6.07 Å². The Hall–Kier alpha value is -0.790. The van der Waals surface area contributed by atoms with E-state index in [0.717, 1.165) is 31.6 Å². The van der Waals surface area contributed by atoms with Gasteiger partial charge in [-0.3, -0.25) is 4.90 Å². The third kappa shape index (κ3) is 4.09. The van der Waals surface area contributed by atoms with Crippen LogP contribution in [0.5, 0.6) is 0 Å². The number of nitrogens with zero attached hydrogens (tertiary/aromatic N) is 2. The van der Waals surface area contributed by atoms with Crippen LogP contribution in [0.1, 0.15) is 24.5 Å². The molecule has 1 aromatic rings. The van der Waals surface area contributed by atoms with Crippen LogP contribution < -0.4 is 0 Å². The zero-order valence-corrected chi connectivity index (χ0v) is 12.1. The minimum Gasteiger partial charge on any atom is -0.371 e. The molecule has 1 atom stereocenters. The van der Waals surface area contributed by atoms with Gasteiger partial charge in [0.2, 0.25) is 0 Å². The summed E-state index contributed by atoms with van der Waals surface area (Å²) in [4.78, 5) is 2.33. The van der Waals surface area contributed by atoms with Gasteiger partial charge in [-0.2, -0.15) is 5.26 Å². The van der Waals surface area contributed by atoms with E-state index in [1.165, 1.54) is 0 Å². The van der Waals surface area contributed by atoms with E-state index in [0.29, 0.717) is 23.1 Å². The van der Waals surface area contributed by atoms with E-state index in [1.807, 2.05) is 12.1 Å². The number of morpholine rings is 1. The zero-order valence-electron chi connectivity index (χ0n) is 10.6. The molecule has 0 radical (unpaired) electrons. The number of hydrogen-bond acceptors (Lipinski definition) is 3. The molecule has 1 fully saturated rings. The lowest BCUT2D eigenvalue weighted by atomic mass is 10.1. The predicted molar refractivity (Wildman–Crippen MR) is 76.4 cm³/mol. The normalized spacial score (nSPS) is 20.2. The molecule has 0 saturated carbocycles. The number of rotatable bonds is 4. The van der Waals surface area contributed by atoms with Gasteiger partial charge in [-0.05, 0) is 30.7 Å². The summed E-state index contributed by atoms with van der Waals surface area (Å²) in [5, 5.41) is 9.68. The van der Waals surface area contributed by atoms with Crippen molar-refractivity contribution < 1.29 is 4.74 Å². The Morgan fingerprint density at radius 3 is 2.95 bits per heavy atom. The predicted octanol–water partition coefficient (Wildman–Crippen LogP) is 3.67. The van der Waals surface area contributed by atoms with Gasteiger partial charge in [-0.15, -0.1) is 0 Å². The molecule has 1 aromatic carbocycles. The first kappa shape index (κ1) is 14.6. The Morgan fingerprint density at radius 2 is 2.21 bits per heavy atom. The Morgan fingerprint density at radius 1 is 1.37 bits per heavy atom. The summed E-state index contributed by atoms with van der Waals surface area (Å²) in [5.74, 6) is 0. The van der Waals surface area contributed by atoms with Gasteiger partial charge in [-0.25, -0.2) is 0 Å². The van der Waals surface area contributed by atoms with Crippen molar-refractivity contribution in [2.45, 2.75) is 18.9 Å². The molecule has 1 aliphatic rings. The highest BCUT2D eigenvalue weighted by atomic mass is 35.5. The van der Waals surface area contributed by atoms with Crippen LogP contribution in [0.15, 0.2) is 18.2 Å². The van der Waals surface area contributed by atoms with Gasteiger partial charge in [-0.1, -0.05) is 29.3 Å². The molecule has 1 unspecified atom stereocenters. The first-order valence-corrected chi connectivity index (χ1v) is 7.12. The van der Waals surface area contributed by atoms with Crippen LogP contribution in [-0.4, -0.2) is 31.1 Å². The quantitative estimate of drug-likeness (QED) is 0.796. The van der Waals surface area contributed by atoms with Gasteiger partial charge in [0, 0.05) is 19.5 Å². The molecule has 0 N–H and O–H groups in total. The van der Waals surface area contributed by atoms with Crippen molar-refractivity contribution in [2.24, 2.45) is 0 Å². The molecule has 1 saturated heterocycles. The van der Waals surface area contributed by atoms with E-state index in [2.05, 4.69) is 11.0 Å². The first-order valence-electron chi connectivity index (χ1n) is 6.36. The van der Waals surface area contributed by atoms with E-state index >= 15 is 0 Å². The maximum atomic E-state index is 8.56. The molecular formula is C14H16Cl2N2O. The second kappa shape index (κ2) is 7.12. The highest BCUT2D eigenvalue weighted by Gasteiger charge is 2.22. The van der Waals surface area contributed by atoms with Crippen LogP contribution in [-0.2, 0) is 4.74 Å². The van der Waals surface area contributed by atoms with Crippen LogP contribution in [0.4, 0.5) is 0 Å². The molecule has 1 heterocycles. The summed E-state index contributed by atoms with van der Waals surface area (Å²) in [5.41, 5.74) is 1.05. The second-order valence-corrected chi connectivity index (χ2v) is 5.41. The number of unbranched alkanes of at least 4 members (excludes halogenated alkanes) is 1. The number of halogens is 2. The summed E-state index contributed by atoms with van der Waals surface area (Å²) in [6, 6.07) is 7.80. The Labute approximate surface area is 123 Å². The van der Waals surface area contributed by atoms with E-state index in [1.54, 1.807) is 6.07 Å². The number of ether oxygens (including phenoxy) is 1. The molecule has 19 heavy (non-hydrogen) atoms. The maximum Gasteiger partial charge on any atom is 0.0952 e. The molecule has 2 rings (SSSR count). The molecule has 0 bridgehead atoms. The lowest BCUT2D eigenvalue weighted by Crippen LogP contribution is -2.38.